The third kappa shape index (κ3) is 3.61. The summed E-state index contributed by atoms with van der Waals surface area (Å²) in [6, 6.07) is 6.02. The summed E-state index contributed by atoms with van der Waals surface area (Å²) in [4.78, 5) is 11.6. The first kappa shape index (κ1) is 13.2. The maximum absolute atomic E-state index is 11.6. The maximum Gasteiger partial charge on any atom is 0.319 e. The highest BCUT2D eigenvalue weighted by Crippen LogP contribution is 2.15. The van der Waals surface area contributed by atoms with E-state index in [0.717, 1.165) is 0 Å². The van der Waals surface area contributed by atoms with E-state index < -0.39 is 15.9 Å². The number of amides is 2. The number of carbonyl (C=O) groups is 1. The molecule has 1 aromatic carbocycles. The van der Waals surface area contributed by atoms with E-state index in [1.165, 1.54) is 0 Å². The summed E-state index contributed by atoms with van der Waals surface area (Å²) < 4.78 is 22.5. The number of sulfone groups is 1. The van der Waals surface area contributed by atoms with Crippen molar-refractivity contribution < 1.29 is 13.2 Å². The number of anilines is 1. The lowest BCUT2D eigenvalue weighted by atomic mass is 10.3. The average Bonchev–Trinajstić information content (AvgIpc) is 2.57. The number of benzene rings is 1. The number of halogens is 1. The molecule has 1 fully saturated rings. The standard InChI is InChI=1S/C11H13ClN2O3S/c12-8-2-1-3-9(6-8)13-11(15)14-10-4-5-18(16,17)7-10/h1-3,6,10H,4-5,7H2,(H2,13,14,15)/t10-/m1/s1. The van der Waals surface area contributed by atoms with Crippen molar-refractivity contribution in [3.63, 3.8) is 0 Å². The molecule has 1 heterocycles. The van der Waals surface area contributed by atoms with Crippen molar-refractivity contribution in [3.8, 4) is 0 Å². The van der Waals surface area contributed by atoms with Gasteiger partial charge in [0.15, 0.2) is 9.84 Å². The van der Waals surface area contributed by atoms with E-state index >= 15 is 0 Å². The Kier molecular flexibility index (Phi) is 3.77. The summed E-state index contributed by atoms with van der Waals surface area (Å²) in [5, 5.41) is 5.76. The number of rotatable bonds is 2. The van der Waals surface area contributed by atoms with Crippen LogP contribution in [-0.2, 0) is 9.84 Å². The van der Waals surface area contributed by atoms with Gasteiger partial charge in [0.1, 0.15) is 0 Å². The van der Waals surface area contributed by atoms with Crippen LogP contribution in [0.3, 0.4) is 0 Å². The lowest BCUT2D eigenvalue weighted by molar-refractivity contribution is 0.249. The Bertz CT molecular complexity index is 559. The van der Waals surface area contributed by atoms with Crippen LogP contribution in [0.1, 0.15) is 6.42 Å². The molecule has 0 bridgehead atoms. The molecule has 1 atom stereocenters. The molecule has 1 aliphatic rings. The number of hydrogen-bond acceptors (Lipinski definition) is 3. The molecule has 0 spiro atoms. The normalized spacial score (nSPS) is 21.5. The molecule has 0 aliphatic carbocycles. The summed E-state index contributed by atoms with van der Waals surface area (Å²) in [6.07, 6.45) is 0.464. The fourth-order valence-electron chi connectivity index (χ4n) is 1.83. The molecule has 0 saturated carbocycles. The Morgan fingerprint density at radius 2 is 2.17 bits per heavy atom. The molecular formula is C11H13ClN2O3S. The second kappa shape index (κ2) is 5.16. The zero-order valence-electron chi connectivity index (χ0n) is 9.52. The van der Waals surface area contributed by atoms with E-state index in [9.17, 15) is 13.2 Å². The zero-order valence-corrected chi connectivity index (χ0v) is 11.1. The molecule has 1 saturated heterocycles. The highest BCUT2D eigenvalue weighted by Gasteiger charge is 2.28. The van der Waals surface area contributed by atoms with Gasteiger partial charge in [-0.3, -0.25) is 0 Å². The summed E-state index contributed by atoms with van der Waals surface area (Å²) in [5.74, 6) is 0.144. The highest BCUT2D eigenvalue weighted by atomic mass is 35.5. The molecule has 7 heteroatoms. The van der Waals surface area contributed by atoms with E-state index in [-0.39, 0.29) is 17.5 Å². The van der Waals surface area contributed by atoms with Crippen molar-refractivity contribution in [2.75, 3.05) is 16.8 Å². The third-order valence-corrected chi connectivity index (χ3v) is 4.65. The third-order valence-electron chi connectivity index (χ3n) is 2.65. The first-order valence-corrected chi connectivity index (χ1v) is 7.68. The Morgan fingerprint density at radius 3 is 2.78 bits per heavy atom. The van der Waals surface area contributed by atoms with Gasteiger partial charge >= 0.3 is 6.03 Å². The van der Waals surface area contributed by atoms with Gasteiger partial charge in [-0.25, -0.2) is 13.2 Å². The van der Waals surface area contributed by atoms with Gasteiger partial charge in [0.25, 0.3) is 0 Å². The molecule has 2 N–H and O–H groups in total. The molecule has 98 valence electrons. The molecule has 1 aliphatic heterocycles. The van der Waals surface area contributed by atoms with Crippen LogP contribution in [-0.4, -0.2) is 32.0 Å². The summed E-state index contributed by atoms with van der Waals surface area (Å²) in [6.45, 7) is 0. The molecule has 2 rings (SSSR count). The van der Waals surface area contributed by atoms with E-state index in [1.807, 2.05) is 0 Å². The largest absolute Gasteiger partial charge is 0.334 e. The van der Waals surface area contributed by atoms with Crippen LogP contribution in [0.5, 0.6) is 0 Å². The Hall–Kier alpha value is -1.27. The topological polar surface area (TPSA) is 75.3 Å². The van der Waals surface area contributed by atoms with Crippen molar-refractivity contribution in [3.05, 3.63) is 29.3 Å². The fraction of sp³-hybridized carbons (Fsp3) is 0.364. The second-order valence-electron chi connectivity index (χ2n) is 4.21. The molecule has 1 aromatic rings. The number of urea groups is 1. The van der Waals surface area contributed by atoms with Crippen molar-refractivity contribution in [2.24, 2.45) is 0 Å². The van der Waals surface area contributed by atoms with Crippen molar-refractivity contribution >= 4 is 33.2 Å². The van der Waals surface area contributed by atoms with Crippen molar-refractivity contribution in [1.82, 2.24) is 5.32 Å². The van der Waals surface area contributed by atoms with E-state index in [2.05, 4.69) is 10.6 Å². The SMILES string of the molecule is O=C(Nc1cccc(Cl)c1)N[C@@H]1CCS(=O)(=O)C1. The molecule has 5 nitrogen and oxygen atoms in total. The Balaban J connectivity index is 1.90. The summed E-state index contributed by atoms with van der Waals surface area (Å²) in [7, 11) is -2.98. The van der Waals surface area contributed by atoms with Crippen molar-refractivity contribution in [2.45, 2.75) is 12.5 Å². The lowest BCUT2D eigenvalue weighted by Crippen LogP contribution is -2.38. The molecular weight excluding hydrogens is 276 g/mol. The minimum Gasteiger partial charge on any atom is -0.334 e. The first-order chi connectivity index (χ1) is 8.44. The Morgan fingerprint density at radius 1 is 1.39 bits per heavy atom. The second-order valence-corrected chi connectivity index (χ2v) is 6.87. The van der Waals surface area contributed by atoms with E-state index in [0.29, 0.717) is 17.1 Å². The van der Waals surface area contributed by atoms with Gasteiger partial charge in [0.2, 0.25) is 0 Å². The summed E-state index contributed by atoms with van der Waals surface area (Å²) >= 11 is 5.78. The van der Waals surface area contributed by atoms with Crippen molar-refractivity contribution in [1.29, 1.82) is 0 Å². The molecule has 2 amide bonds. The monoisotopic (exact) mass is 288 g/mol. The molecule has 0 aromatic heterocycles. The minimum atomic E-state index is -2.98. The van der Waals surface area contributed by atoms with Gasteiger partial charge in [0.05, 0.1) is 11.5 Å². The first-order valence-electron chi connectivity index (χ1n) is 5.48. The predicted octanol–water partition coefficient (Wildman–Crippen LogP) is 1.65. The van der Waals surface area contributed by atoms with E-state index in [1.54, 1.807) is 24.3 Å². The predicted molar refractivity (Wildman–Crippen MR) is 70.7 cm³/mol. The van der Waals surface area contributed by atoms with Gasteiger partial charge < -0.3 is 10.6 Å². The van der Waals surface area contributed by atoms with Gasteiger partial charge in [-0.15, -0.1) is 0 Å². The maximum atomic E-state index is 11.6. The van der Waals surface area contributed by atoms with Crippen LogP contribution >= 0.6 is 11.6 Å². The zero-order chi connectivity index (χ0) is 13.2. The molecule has 0 radical (unpaired) electrons. The van der Waals surface area contributed by atoms with Crippen LogP contribution in [0.15, 0.2) is 24.3 Å². The minimum absolute atomic E-state index is 0.00989. The van der Waals surface area contributed by atoms with Crippen LogP contribution < -0.4 is 10.6 Å². The van der Waals surface area contributed by atoms with Crippen LogP contribution in [0.4, 0.5) is 10.5 Å². The average molecular weight is 289 g/mol. The van der Waals surface area contributed by atoms with Crippen LogP contribution in [0.25, 0.3) is 0 Å². The summed E-state index contributed by atoms with van der Waals surface area (Å²) in [5.41, 5.74) is 0.570. The van der Waals surface area contributed by atoms with Gasteiger partial charge in [-0.2, -0.15) is 0 Å². The van der Waals surface area contributed by atoms with Gasteiger partial charge in [0, 0.05) is 16.8 Å². The van der Waals surface area contributed by atoms with Crippen LogP contribution in [0.2, 0.25) is 5.02 Å². The Labute approximate surface area is 110 Å². The quantitative estimate of drug-likeness (QED) is 0.869. The van der Waals surface area contributed by atoms with E-state index in [4.69, 9.17) is 11.6 Å². The number of nitrogens with one attached hydrogen (secondary N) is 2. The lowest BCUT2D eigenvalue weighted by Gasteiger charge is -2.12. The molecule has 18 heavy (non-hydrogen) atoms. The smallest absolute Gasteiger partial charge is 0.319 e. The van der Waals surface area contributed by atoms with Gasteiger partial charge in [-0.1, -0.05) is 17.7 Å². The highest BCUT2D eigenvalue weighted by molar-refractivity contribution is 7.91. The van der Waals surface area contributed by atoms with Gasteiger partial charge in [-0.05, 0) is 24.6 Å². The number of hydrogen-bond donors (Lipinski definition) is 2. The number of carbonyl (C=O) groups excluding carboxylic acids is 1. The molecule has 0 unspecified atom stereocenters. The fourth-order valence-corrected chi connectivity index (χ4v) is 3.69. The van der Waals surface area contributed by atoms with Crippen LogP contribution in [0, 0.1) is 0 Å².